The number of alkyl halides is 3. The molecule has 0 saturated carbocycles. The van der Waals surface area contributed by atoms with Gasteiger partial charge in [0.25, 0.3) is 0 Å². The summed E-state index contributed by atoms with van der Waals surface area (Å²) in [5.41, 5.74) is -0.388. The summed E-state index contributed by atoms with van der Waals surface area (Å²) < 4.78 is 39.6. The van der Waals surface area contributed by atoms with Crippen LogP contribution in [0, 0.1) is 11.3 Å². The number of carboxylic acids is 1. The molecule has 0 spiro atoms. The van der Waals surface area contributed by atoms with E-state index in [2.05, 4.69) is 15.6 Å². The minimum absolute atomic E-state index is 0.195. The second-order valence-electron chi connectivity index (χ2n) is 8.90. The third kappa shape index (κ3) is 6.74. The summed E-state index contributed by atoms with van der Waals surface area (Å²) >= 11 is 0. The van der Waals surface area contributed by atoms with Crippen LogP contribution >= 0.6 is 0 Å². The van der Waals surface area contributed by atoms with E-state index in [9.17, 15) is 27.9 Å². The molecule has 0 bridgehead atoms. The van der Waals surface area contributed by atoms with E-state index in [4.69, 9.17) is 0 Å². The summed E-state index contributed by atoms with van der Waals surface area (Å²) in [6, 6.07) is 5.88. The highest BCUT2D eigenvalue weighted by Gasteiger charge is 2.36. The number of aromatic nitrogens is 2. The Bertz CT molecular complexity index is 1090. The van der Waals surface area contributed by atoms with Crippen molar-refractivity contribution in [2.24, 2.45) is 11.3 Å². The van der Waals surface area contributed by atoms with Crippen molar-refractivity contribution in [2.45, 2.75) is 45.3 Å². The van der Waals surface area contributed by atoms with E-state index in [1.807, 2.05) is 25.2 Å². The lowest BCUT2D eigenvalue weighted by atomic mass is 9.75. The number of benzene rings is 1. The molecule has 3 unspecified atom stereocenters. The first-order valence-electron chi connectivity index (χ1n) is 11.3. The molecular weight excluding hydrogens is 461 g/mol. The summed E-state index contributed by atoms with van der Waals surface area (Å²) in [6.45, 7) is 4.04. The van der Waals surface area contributed by atoms with Crippen molar-refractivity contribution in [1.29, 1.82) is 0 Å². The minimum atomic E-state index is -4.49. The molecule has 10 heteroatoms. The molecule has 2 aromatic rings. The van der Waals surface area contributed by atoms with Crippen molar-refractivity contribution in [2.75, 3.05) is 11.9 Å². The molecule has 35 heavy (non-hydrogen) atoms. The number of amides is 1. The van der Waals surface area contributed by atoms with Gasteiger partial charge in [-0.05, 0) is 56.4 Å². The van der Waals surface area contributed by atoms with E-state index in [0.717, 1.165) is 18.2 Å². The molecule has 0 saturated heterocycles. The monoisotopic (exact) mass is 489 g/mol. The number of hydrogen-bond donors (Lipinski definition) is 2. The van der Waals surface area contributed by atoms with Crippen molar-refractivity contribution in [3.05, 3.63) is 66.8 Å². The van der Waals surface area contributed by atoms with Crippen LogP contribution in [0.1, 0.15) is 38.8 Å². The Morgan fingerprint density at radius 2 is 1.91 bits per heavy atom. The van der Waals surface area contributed by atoms with Gasteiger partial charge in [-0.25, -0.2) is 4.98 Å². The van der Waals surface area contributed by atoms with Crippen LogP contribution in [-0.2, 0) is 15.8 Å². The number of allylic oxidation sites excluding steroid dienone is 3. The fraction of sp³-hybridized carbons (Fsp3) is 0.400. The van der Waals surface area contributed by atoms with Crippen molar-refractivity contribution in [3.63, 3.8) is 0 Å². The van der Waals surface area contributed by atoms with Gasteiger partial charge >= 0.3 is 6.18 Å². The molecule has 7 nitrogen and oxygen atoms in total. The molecule has 1 aliphatic rings. The van der Waals surface area contributed by atoms with Gasteiger partial charge in [-0.15, -0.1) is 0 Å². The maximum atomic E-state index is 12.9. The van der Waals surface area contributed by atoms with Crippen LogP contribution in [0.4, 0.5) is 18.9 Å². The van der Waals surface area contributed by atoms with Gasteiger partial charge in [-0.1, -0.05) is 31.2 Å². The van der Waals surface area contributed by atoms with E-state index < -0.39 is 29.3 Å². The van der Waals surface area contributed by atoms with Gasteiger partial charge in [0.1, 0.15) is 0 Å². The quantitative estimate of drug-likeness (QED) is 0.533. The van der Waals surface area contributed by atoms with E-state index in [0.29, 0.717) is 31.5 Å². The predicted molar refractivity (Wildman–Crippen MR) is 123 cm³/mol. The first-order chi connectivity index (χ1) is 16.5. The Hall–Kier alpha value is -3.56. The second kappa shape index (κ2) is 10.8. The fourth-order valence-electron chi connectivity index (χ4n) is 3.79. The number of hydrogen-bond acceptors (Lipinski definition) is 5. The van der Waals surface area contributed by atoms with E-state index in [1.54, 1.807) is 30.3 Å². The second-order valence-corrected chi connectivity index (χ2v) is 8.90. The summed E-state index contributed by atoms with van der Waals surface area (Å²) in [7, 11) is 0. The van der Waals surface area contributed by atoms with Crippen molar-refractivity contribution >= 4 is 17.6 Å². The van der Waals surface area contributed by atoms with E-state index in [1.165, 1.54) is 11.5 Å². The van der Waals surface area contributed by atoms with Gasteiger partial charge in [0.2, 0.25) is 5.91 Å². The van der Waals surface area contributed by atoms with Crippen molar-refractivity contribution in [3.8, 4) is 5.69 Å². The SMILES string of the molecule is CC(CCC1(C(=O)NC(C)C(=O)[O-])C=CC=CC1)CNc1ccc(-n2cnc(C(F)(F)F)c2)cc1. The first kappa shape index (κ1) is 26.1. The van der Waals surface area contributed by atoms with E-state index >= 15 is 0 Å². The minimum Gasteiger partial charge on any atom is -0.548 e. The maximum Gasteiger partial charge on any atom is 0.434 e. The molecule has 3 rings (SSSR count). The summed E-state index contributed by atoms with van der Waals surface area (Å²) in [4.78, 5) is 27.3. The molecule has 0 aliphatic heterocycles. The zero-order valence-electron chi connectivity index (χ0n) is 19.5. The zero-order chi connectivity index (χ0) is 25.6. The van der Waals surface area contributed by atoms with Gasteiger partial charge < -0.3 is 25.1 Å². The van der Waals surface area contributed by atoms with Crippen LogP contribution in [0.15, 0.2) is 61.1 Å². The Kier molecular flexibility index (Phi) is 8.03. The summed E-state index contributed by atoms with van der Waals surface area (Å²) in [5, 5.41) is 16.9. The Morgan fingerprint density at radius 1 is 1.20 bits per heavy atom. The maximum absolute atomic E-state index is 12.9. The smallest absolute Gasteiger partial charge is 0.434 e. The summed E-state index contributed by atoms with van der Waals surface area (Å²) in [5.74, 6) is -1.47. The van der Waals surface area contributed by atoms with Gasteiger partial charge in [0.05, 0.1) is 23.8 Å². The molecule has 1 aliphatic carbocycles. The number of halogens is 3. The molecular formula is C25H28F3N4O3-. The molecule has 1 heterocycles. The molecule has 188 valence electrons. The average Bonchev–Trinajstić information content (AvgIpc) is 3.33. The lowest BCUT2D eigenvalue weighted by Crippen LogP contribution is -2.51. The number of carbonyl (C=O) groups is 2. The standard InChI is InChI=1S/C25H29F3N4O3/c1-17(10-13-24(11-4-3-5-12-24)23(35)31-18(2)22(33)34)14-29-19-6-8-20(9-7-19)32-15-21(30-16-32)25(26,27)28/h3-9,11,15-18,29H,10,12-14H2,1-2H3,(H,31,35)(H,33,34)/p-1. The normalized spacial score (nSPS) is 19.2. The van der Waals surface area contributed by atoms with Crippen LogP contribution in [0.25, 0.3) is 5.69 Å². The zero-order valence-corrected chi connectivity index (χ0v) is 19.5. The van der Waals surface area contributed by atoms with Gasteiger partial charge in [0.15, 0.2) is 5.69 Å². The topological polar surface area (TPSA) is 99.1 Å². The van der Waals surface area contributed by atoms with Gasteiger partial charge in [-0.2, -0.15) is 13.2 Å². The highest BCUT2D eigenvalue weighted by molar-refractivity contribution is 5.88. The number of imidazole rings is 1. The lowest BCUT2D eigenvalue weighted by Gasteiger charge is -2.32. The van der Waals surface area contributed by atoms with Crippen molar-refractivity contribution < 1.29 is 27.9 Å². The van der Waals surface area contributed by atoms with Gasteiger partial charge in [0, 0.05) is 24.1 Å². The number of rotatable bonds is 10. The Labute approximate surface area is 201 Å². The molecule has 0 fully saturated rings. The molecule has 0 radical (unpaired) electrons. The highest BCUT2D eigenvalue weighted by atomic mass is 19.4. The van der Waals surface area contributed by atoms with Crippen LogP contribution in [-0.4, -0.2) is 34.0 Å². The van der Waals surface area contributed by atoms with Crippen LogP contribution in [0.5, 0.6) is 0 Å². The largest absolute Gasteiger partial charge is 0.548 e. The highest BCUT2D eigenvalue weighted by Crippen LogP contribution is 2.35. The molecule has 2 N–H and O–H groups in total. The van der Waals surface area contributed by atoms with Crippen molar-refractivity contribution in [1.82, 2.24) is 14.9 Å². The number of carbonyl (C=O) groups excluding carboxylic acids is 2. The average molecular weight is 490 g/mol. The molecule has 3 atom stereocenters. The third-order valence-corrected chi connectivity index (χ3v) is 6.07. The Morgan fingerprint density at radius 3 is 2.49 bits per heavy atom. The number of nitrogens with zero attached hydrogens (tertiary/aromatic N) is 2. The van der Waals surface area contributed by atoms with E-state index in [-0.39, 0.29) is 11.8 Å². The molecule has 1 amide bonds. The first-order valence-corrected chi connectivity index (χ1v) is 11.3. The molecule has 1 aromatic carbocycles. The number of aliphatic carboxylic acids is 1. The van der Waals surface area contributed by atoms with Gasteiger partial charge in [-0.3, -0.25) is 4.79 Å². The Balaban J connectivity index is 1.54. The number of carboxylic acid groups (broad SMARTS) is 1. The number of anilines is 1. The summed E-state index contributed by atoms with van der Waals surface area (Å²) in [6.07, 6.45) is 6.70. The van der Waals surface area contributed by atoms with Crippen LogP contribution in [0.2, 0.25) is 0 Å². The predicted octanol–water partition coefficient (Wildman–Crippen LogP) is 3.48. The third-order valence-electron chi connectivity index (χ3n) is 6.07. The van der Waals surface area contributed by atoms with Crippen LogP contribution in [0.3, 0.4) is 0 Å². The lowest BCUT2D eigenvalue weighted by molar-refractivity contribution is -0.307. The number of nitrogens with one attached hydrogen (secondary N) is 2. The van der Waals surface area contributed by atoms with Crippen LogP contribution < -0.4 is 15.7 Å². The molecule has 1 aromatic heterocycles. The fourth-order valence-corrected chi connectivity index (χ4v) is 3.79.